The van der Waals surface area contributed by atoms with Crippen LogP contribution in [0.25, 0.3) is 0 Å². The van der Waals surface area contributed by atoms with E-state index in [2.05, 4.69) is 10.5 Å². The molecule has 0 saturated heterocycles. The van der Waals surface area contributed by atoms with E-state index in [4.69, 9.17) is 9.47 Å². The summed E-state index contributed by atoms with van der Waals surface area (Å²) in [5, 5.41) is 13.6. The van der Waals surface area contributed by atoms with Gasteiger partial charge < -0.3 is 14.6 Å². The third-order valence-corrected chi connectivity index (χ3v) is 3.20. The molecule has 0 bridgehead atoms. The molecule has 0 atom stereocenters. The Balaban J connectivity index is 2.10. The average molecular weight is 314 g/mol. The molecule has 0 aliphatic carbocycles. The maximum absolute atomic E-state index is 12.1. The average Bonchev–Trinajstić information content (AvgIpc) is 2.57. The highest BCUT2D eigenvalue weighted by molar-refractivity contribution is 5.95. The molecule has 1 amide bonds. The Kier molecular flexibility index (Phi) is 5.19. The molecule has 0 heterocycles. The standard InChI is InChI=1S/C17H18N2O4/c1-11-4-6-14(20)13(8-11)10-18-19-17(21)12-5-7-15(22-2)16(9-12)23-3/h4-10,20H,1-3H3,(H,19,21). The molecule has 0 aliphatic rings. The summed E-state index contributed by atoms with van der Waals surface area (Å²) >= 11 is 0. The molecule has 0 aromatic heterocycles. The van der Waals surface area contributed by atoms with Crippen molar-refractivity contribution in [2.45, 2.75) is 6.92 Å². The fourth-order valence-electron chi connectivity index (χ4n) is 1.98. The fraction of sp³-hybridized carbons (Fsp3) is 0.176. The van der Waals surface area contributed by atoms with E-state index < -0.39 is 5.91 Å². The first kappa shape index (κ1) is 16.4. The van der Waals surface area contributed by atoms with Crippen molar-refractivity contribution >= 4 is 12.1 Å². The summed E-state index contributed by atoms with van der Waals surface area (Å²) in [5.74, 6) is 0.701. The molecule has 0 fully saturated rings. The molecule has 2 aromatic carbocycles. The van der Waals surface area contributed by atoms with Crippen molar-refractivity contribution in [1.29, 1.82) is 0 Å². The summed E-state index contributed by atoms with van der Waals surface area (Å²) < 4.78 is 10.3. The van der Waals surface area contributed by atoms with Gasteiger partial charge in [-0.05, 0) is 37.3 Å². The number of phenols is 1. The Morgan fingerprint density at radius 1 is 1.13 bits per heavy atom. The maximum atomic E-state index is 12.1. The number of amides is 1. The van der Waals surface area contributed by atoms with Gasteiger partial charge in [-0.2, -0.15) is 5.10 Å². The number of nitrogens with one attached hydrogen (secondary N) is 1. The molecule has 0 spiro atoms. The molecule has 120 valence electrons. The summed E-state index contributed by atoms with van der Waals surface area (Å²) in [6, 6.07) is 9.94. The normalized spacial score (nSPS) is 10.6. The highest BCUT2D eigenvalue weighted by atomic mass is 16.5. The van der Waals surface area contributed by atoms with Gasteiger partial charge >= 0.3 is 0 Å². The van der Waals surface area contributed by atoms with Crippen LogP contribution in [0.3, 0.4) is 0 Å². The molecule has 0 aliphatic heterocycles. The molecule has 0 radical (unpaired) electrons. The number of hydrogen-bond acceptors (Lipinski definition) is 5. The highest BCUT2D eigenvalue weighted by Crippen LogP contribution is 2.27. The van der Waals surface area contributed by atoms with Crippen molar-refractivity contribution in [3.8, 4) is 17.2 Å². The Bertz CT molecular complexity index is 741. The lowest BCUT2D eigenvalue weighted by atomic mass is 10.1. The van der Waals surface area contributed by atoms with Gasteiger partial charge in [-0.25, -0.2) is 5.43 Å². The molecular formula is C17H18N2O4. The lowest BCUT2D eigenvalue weighted by Crippen LogP contribution is -2.17. The first-order valence-corrected chi connectivity index (χ1v) is 6.90. The van der Waals surface area contributed by atoms with Gasteiger partial charge in [-0.15, -0.1) is 0 Å². The van der Waals surface area contributed by atoms with Crippen LogP contribution < -0.4 is 14.9 Å². The molecule has 2 rings (SSSR count). The molecule has 0 unspecified atom stereocenters. The zero-order chi connectivity index (χ0) is 16.8. The number of hydrazone groups is 1. The number of carbonyl (C=O) groups is 1. The minimum absolute atomic E-state index is 0.0970. The van der Waals surface area contributed by atoms with Gasteiger partial charge in [0, 0.05) is 11.1 Å². The second-order valence-corrected chi connectivity index (χ2v) is 4.83. The largest absolute Gasteiger partial charge is 0.507 e. The van der Waals surface area contributed by atoms with Gasteiger partial charge in [0.1, 0.15) is 5.75 Å². The number of aromatic hydroxyl groups is 1. The Morgan fingerprint density at radius 2 is 1.87 bits per heavy atom. The van der Waals surface area contributed by atoms with Gasteiger partial charge in [0.2, 0.25) is 0 Å². The third-order valence-electron chi connectivity index (χ3n) is 3.20. The van der Waals surface area contributed by atoms with E-state index in [-0.39, 0.29) is 5.75 Å². The zero-order valence-corrected chi connectivity index (χ0v) is 13.2. The van der Waals surface area contributed by atoms with Crippen LogP contribution in [0.2, 0.25) is 0 Å². The molecule has 2 aromatic rings. The monoisotopic (exact) mass is 314 g/mol. The third kappa shape index (κ3) is 4.00. The van der Waals surface area contributed by atoms with E-state index in [9.17, 15) is 9.90 Å². The minimum Gasteiger partial charge on any atom is -0.507 e. The second-order valence-electron chi connectivity index (χ2n) is 4.83. The van der Waals surface area contributed by atoms with E-state index in [1.54, 1.807) is 36.4 Å². The van der Waals surface area contributed by atoms with Crippen LogP contribution in [0.1, 0.15) is 21.5 Å². The Hall–Kier alpha value is -3.02. The van der Waals surface area contributed by atoms with Crippen molar-refractivity contribution in [1.82, 2.24) is 5.43 Å². The molecule has 6 heteroatoms. The van der Waals surface area contributed by atoms with Crippen LogP contribution in [0.5, 0.6) is 17.2 Å². The molecule has 23 heavy (non-hydrogen) atoms. The van der Waals surface area contributed by atoms with Gasteiger partial charge in [0.15, 0.2) is 11.5 Å². The van der Waals surface area contributed by atoms with Crippen LogP contribution in [0.4, 0.5) is 0 Å². The number of benzene rings is 2. The lowest BCUT2D eigenvalue weighted by molar-refractivity contribution is 0.0954. The van der Waals surface area contributed by atoms with Gasteiger partial charge in [-0.1, -0.05) is 11.6 Å². The SMILES string of the molecule is COc1ccc(C(=O)NN=Cc2cc(C)ccc2O)cc1OC. The minimum atomic E-state index is -0.394. The summed E-state index contributed by atoms with van der Waals surface area (Å²) in [6.07, 6.45) is 1.39. The van der Waals surface area contributed by atoms with E-state index in [1.165, 1.54) is 20.4 Å². The number of aryl methyl sites for hydroxylation is 1. The van der Waals surface area contributed by atoms with Crippen LogP contribution in [0, 0.1) is 6.92 Å². The number of methoxy groups -OCH3 is 2. The van der Waals surface area contributed by atoms with Gasteiger partial charge in [0.25, 0.3) is 5.91 Å². The molecule has 6 nitrogen and oxygen atoms in total. The van der Waals surface area contributed by atoms with Crippen molar-refractivity contribution in [2.75, 3.05) is 14.2 Å². The summed E-state index contributed by atoms with van der Waals surface area (Å²) in [6.45, 7) is 1.90. The van der Waals surface area contributed by atoms with Crippen LogP contribution in [0.15, 0.2) is 41.5 Å². The van der Waals surface area contributed by atoms with Crippen molar-refractivity contribution in [3.63, 3.8) is 0 Å². The quantitative estimate of drug-likeness (QED) is 0.656. The Labute approximate surface area is 134 Å². The Morgan fingerprint density at radius 3 is 2.57 bits per heavy atom. The predicted molar refractivity (Wildman–Crippen MR) is 87.5 cm³/mol. The number of carbonyl (C=O) groups excluding carboxylic acids is 1. The molecule has 0 saturated carbocycles. The van der Waals surface area contributed by atoms with E-state index in [0.717, 1.165) is 5.56 Å². The zero-order valence-electron chi connectivity index (χ0n) is 13.2. The lowest BCUT2D eigenvalue weighted by Gasteiger charge is -2.08. The number of ether oxygens (including phenoxy) is 2. The van der Waals surface area contributed by atoms with Crippen LogP contribution in [-0.4, -0.2) is 31.4 Å². The predicted octanol–water partition coefficient (Wildman–Crippen LogP) is 2.48. The summed E-state index contributed by atoms with van der Waals surface area (Å²) in [7, 11) is 3.02. The highest BCUT2D eigenvalue weighted by Gasteiger charge is 2.10. The van der Waals surface area contributed by atoms with E-state index >= 15 is 0 Å². The molecular weight excluding hydrogens is 296 g/mol. The van der Waals surface area contributed by atoms with Crippen LogP contribution >= 0.6 is 0 Å². The molecule has 2 N–H and O–H groups in total. The topological polar surface area (TPSA) is 80.2 Å². The van der Waals surface area contributed by atoms with Crippen molar-refractivity contribution in [3.05, 3.63) is 53.1 Å². The van der Waals surface area contributed by atoms with E-state index in [1.807, 2.05) is 6.92 Å². The van der Waals surface area contributed by atoms with Crippen molar-refractivity contribution in [2.24, 2.45) is 5.10 Å². The number of nitrogens with zero attached hydrogens (tertiary/aromatic N) is 1. The first-order chi connectivity index (χ1) is 11.0. The van der Waals surface area contributed by atoms with Crippen molar-refractivity contribution < 1.29 is 19.4 Å². The van der Waals surface area contributed by atoms with E-state index in [0.29, 0.717) is 22.6 Å². The smallest absolute Gasteiger partial charge is 0.271 e. The number of phenolic OH excluding ortho intramolecular Hbond substituents is 1. The van der Waals surface area contributed by atoms with Gasteiger partial charge in [0.05, 0.1) is 20.4 Å². The number of rotatable bonds is 5. The van der Waals surface area contributed by atoms with Gasteiger partial charge in [-0.3, -0.25) is 4.79 Å². The summed E-state index contributed by atoms with van der Waals surface area (Å²) in [5.41, 5.74) is 4.30. The first-order valence-electron chi connectivity index (χ1n) is 6.90. The van der Waals surface area contributed by atoms with Crippen LogP contribution in [-0.2, 0) is 0 Å². The summed E-state index contributed by atoms with van der Waals surface area (Å²) in [4.78, 5) is 12.1. The second kappa shape index (κ2) is 7.31. The fourth-order valence-corrected chi connectivity index (χ4v) is 1.98. The number of hydrogen-bond donors (Lipinski definition) is 2. The maximum Gasteiger partial charge on any atom is 0.271 e.